The number of carbonyl (C=O) groups is 1. The molecule has 34 heavy (non-hydrogen) atoms. The maximum Gasteiger partial charge on any atom is 0.164 e. The van der Waals surface area contributed by atoms with Crippen LogP contribution in [0.3, 0.4) is 0 Å². The first-order valence-corrected chi connectivity index (χ1v) is 11.3. The fourth-order valence-corrected chi connectivity index (χ4v) is 5.29. The summed E-state index contributed by atoms with van der Waals surface area (Å²) in [6.07, 6.45) is 1.12. The smallest absolute Gasteiger partial charge is 0.164 e. The lowest BCUT2D eigenvalue weighted by molar-refractivity contribution is -0.164. The fourth-order valence-electron chi connectivity index (χ4n) is 5.29. The third kappa shape index (κ3) is 3.73. The number of hydrogen-bond acceptors (Lipinski definition) is 7. The zero-order chi connectivity index (χ0) is 24.7. The van der Waals surface area contributed by atoms with Crippen LogP contribution in [0.5, 0.6) is 23.0 Å². The van der Waals surface area contributed by atoms with Crippen LogP contribution < -0.4 is 18.9 Å². The van der Waals surface area contributed by atoms with Crippen molar-refractivity contribution in [3.8, 4) is 23.0 Å². The molecule has 7 nitrogen and oxygen atoms in total. The molecule has 0 unspecified atom stereocenters. The summed E-state index contributed by atoms with van der Waals surface area (Å²) in [5, 5.41) is 3.29. The normalized spacial score (nSPS) is 21.6. The Kier molecular flexibility index (Phi) is 6.36. The molecule has 3 aromatic carbocycles. The van der Waals surface area contributed by atoms with E-state index >= 15 is 0 Å². The summed E-state index contributed by atoms with van der Waals surface area (Å²) in [6.45, 7) is 5.64. The lowest BCUT2D eigenvalue weighted by Crippen LogP contribution is -2.41. The Bertz CT molecular complexity index is 1230. The van der Waals surface area contributed by atoms with Crippen molar-refractivity contribution in [3.05, 3.63) is 35.9 Å². The minimum atomic E-state index is -0.856. The van der Waals surface area contributed by atoms with Crippen LogP contribution in [-0.4, -0.2) is 52.2 Å². The Morgan fingerprint density at radius 1 is 0.912 bits per heavy atom. The molecule has 0 spiro atoms. The predicted octanol–water partition coefficient (Wildman–Crippen LogP) is 5.07. The maximum absolute atomic E-state index is 11.7. The first-order valence-electron chi connectivity index (χ1n) is 11.3. The van der Waals surface area contributed by atoms with Gasteiger partial charge in [0.05, 0.1) is 45.3 Å². The molecule has 1 aliphatic heterocycles. The molecule has 7 heteroatoms. The van der Waals surface area contributed by atoms with Gasteiger partial charge in [-0.1, -0.05) is 24.3 Å². The van der Waals surface area contributed by atoms with Crippen LogP contribution in [0.25, 0.3) is 21.5 Å². The average Bonchev–Trinajstić information content (AvgIpc) is 3.04. The number of aldehydes is 1. The molecule has 3 aromatic rings. The molecule has 1 heterocycles. The van der Waals surface area contributed by atoms with E-state index in [1.807, 2.05) is 51.1 Å². The van der Waals surface area contributed by atoms with Crippen molar-refractivity contribution in [1.82, 2.24) is 0 Å². The van der Waals surface area contributed by atoms with Crippen molar-refractivity contribution in [2.24, 2.45) is 0 Å². The molecule has 182 valence electrons. The van der Waals surface area contributed by atoms with Gasteiger partial charge in [-0.3, -0.25) is 0 Å². The number of rotatable bonds is 8. The van der Waals surface area contributed by atoms with Crippen molar-refractivity contribution in [1.29, 1.82) is 0 Å². The molecule has 2 atom stereocenters. The Hall–Kier alpha value is -3.03. The van der Waals surface area contributed by atoms with Gasteiger partial charge in [-0.25, -0.2) is 0 Å². The summed E-state index contributed by atoms with van der Waals surface area (Å²) in [6, 6.07) is 9.81. The van der Waals surface area contributed by atoms with Gasteiger partial charge in [0, 0.05) is 29.2 Å². The Labute approximate surface area is 199 Å². The highest BCUT2D eigenvalue weighted by Crippen LogP contribution is 2.52. The minimum Gasteiger partial charge on any atom is -0.496 e. The van der Waals surface area contributed by atoms with Gasteiger partial charge in [-0.05, 0) is 26.8 Å². The molecule has 4 rings (SSSR count). The van der Waals surface area contributed by atoms with Crippen LogP contribution >= 0.6 is 0 Å². The van der Waals surface area contributed by atoms with Gasteiger partial charge < -0.3 is 33.2 Å². The van der Waals surface area contributed by atoms with E-state index in [1.165, 1.54) is 0 Å². The highest BCUT2D eigenvalue weighted by atomic mass is 16.8. The quantitative estimate of drug-likeness (QED) is 0.338. The van der Waals surface area contributed by atoms with Crippen LogP contribution in [0.15, 0.2) is 30.3 Å². The van der Waals surface area contributed by atoms with Crippen LogP contribution in [0.1, 0.15) is 32.8 Å². The molecule has 0 radical (unpaired) electrons. The number of carbonyl (C=O) groups excluding carboxylic acids is 1. The minimum absolute atomic E-state index is 0.180. The van der Waals surface area contributed by atoms with E-state index in [0.29, 0.717) is 29.4 Å². The highest BCUT2D eigenvalue weighted by Gasteiger charge is 2.51. The molecule has 0 aromatic heterocycles. The van der Waals surface area contributed by atoms with Gasteiger partial charge in [0.1, 0.15) is 34.9 Å². The van der Waals surface area contributed by atoms with E-state index in [-0.39, 0.29) is 12.5 Å². The molecular weight excluding hydrogens is 436 g/mol. The molecule has 0 saturated carbocycles. The summed E-state index contributed by atoms with van der Waals surface area (Å²) >= 11 is 0. The topological polar surface area (TPSA) is 72.5 Å². The van der Waals surface area contributed by atoms with Gasteiger partial charge in [0.2, 0.25) is 0 Å². The van der Waals surface area contributed by atoms with Crippen LogP contribution in [0.2, 0.25) is 0 Å². The van der Waals surface area contributed by atoms with E-state index in [0.717, 1.165) is 33.4 Å². The molecule has 1 saturated heterocycles. The first-order chi connectivity index (χ1) is 16.3. The number of hydrogen-bond donors (Lipinski definition) is 0. The van der Waals surface area contributed by atoms with Gasteiger partial charge in [-0.15, -0.1) is 0 Å². The second kappa shape index (κ2) is 8.96. The fraction of sp³-hybridized carbons (Fsp3) is 0.444. The molecule has 1 fully saturated rings. The molecule has 1 aliphatic rings. The number of benzene rings is 3. The molecular formula is C27H32O7. The highest BCUT2D eigenvalue weighted by molar-refractivity contribution is 6.15. The first kappa shape index (κ1) is 24.1. The average molecular weight is 469 g/mol. The lowest BCUT2D eigenvalue weighted by Gasteiger charge is -2.31. The molecule has 0 aliphatic carbocycles. The number of fused-ring (bicyclic) bond motifs is 2. The summed E-state index contributed by atoms with van der Waals surface area (Å²) in [5.41, 5.74) is -0.0387. The van der Waals surface area contributed by atoms with E-state index in [4.69, 9.17) is 28.4 Å². The summed E-state index contributed by atoms with van der Waals surface area (Å²) in [5.74, 6) is 1.74. The SMILES string of the molecule is COc1cc(C[C@@]2(CC=O)OC(C)(C)O[C@H]2C)c(OC)c2c(OC)c3ccccc3c(OC)c12. The Morgan fingerprint density at radius 3 is 1.97 bits per heavy atom. The number of methoxy groups -OCH3 is 4. The third-order valence-electron chi connectivity index (χ3n) is 6.59. The maximum atomic E-state index is 11.7. The second-order valence-electron chi connectivity index (χ2n) is 9.01. The zero-order valence-electron chi connectivity index (χ0n) is 20.8. The summed E-state index contributed by atoms with van der Waals surface area (Å²) in [7, 11) is 6.52. The van der Waals surface area contributed by atoms with Gasteiger partial charge in [0.25, 0.3) is 0 Å². The van der Waals surface area contributed by atoms with Crippen LogP contribution in [0.4, 0.5) is 0 Å². The van der Waals surface area contributed by atoms with E-state index in [1.54, 1.807) is 28.4 Å². The molecule has 0 amide bonds. The third-order valence-corrected chi connectivity index (χ3v) is 6.59. The van der Waals surface area contributed by atoms with E-state index in [2.05, 4.69) is 0 Å². The largest absolute Gasteiger partial charge is 0.496 e. The van der Waals surface area contributed by atoms with Crippen molar-refractivity contribution in [2.75, 3.05) is 28.4 Å². The molecule has 0 N–H and O–H groups in total. The Balaban J connectivity index is 2.07. The second-order valence-corrected chi connectivity index (χ2v) is 9.01. The van der Waals surface area contributed by atoms with E-state index in [9.17, 15) is 4.79 Å². The monoisotopic (exact) mass is 468 g/mol. The Morgan fingerprint density at radius 2 is 1.50 bits per heavy atom. The molecule has 0 bridgehead atoms. The summed E-state index contributed by atoms with van der Waals surface area (Å²) < 4.78 is 36.0. The van der Waals surface area contributed by atoms with E-state index < -0.39 is 11.4 Å². The van der Waals surface area contributed by atoms with Crippen molar-refractivity contribution >= 4 is 27.8 Å². The van der Waals surface area contributed by atoms with Crippen LogP contribution in [0, 0.1) is 0 Å². The van der Waals surface area contributed by atoms with Gasteiger partial charge >= 0.3 is 0 Å². The van der Waals surface area contributed by atoms with Crippen molar-refractivity contribution in [3.63, 3.8) is 0 Å². The standard InChI is InChI=1S/C27H32O7/c1-16-27(12-13-28,34-26(2,3)33-16)15-17-14-20(29-4)21-22(23(17)30-5)25(32-7)19-11-9-8-10-18(19)24(21)31-6/h8-11,13-14,16H,12,15H2,1-7H3/t16-,27+/m0/s1. The van der Waals surface area contributed by atoms with Crippen molar-refractivity contribution < 1.29 is 33.2 Å². The van der Waals surface area contributed by atoms with Crippen molar-refractivity contribution in [2.45, 2.75) is 51.1 Å². The predicted molar refractivity (Wildman–Crippen MR) is 130 cm³/mol. The zero-order valence-corrected chi connectivity index (χ0v) is 20.8. The lowest BCUT2D eigenvalue weighted by atomic mass is 9.85. The summed E-state index contributed by atoms with van der Waals surface area (Å²) in [4.78, 5) is 11.7. The van der Waals surface area contributed by atoms with Crippen LogP contribution in [-0.2, 0) is 20.7 Å². The van der Waals surface area contributed by atoms with Gasteiger partial charge in [0.15, 0.2) is 5.79 Å². The number of ether oxygens (including phenoxy) is 6. The van der Waals surface area contributed by atoms with Gasteiger partial charge in [-0.2, -0.15) is 0 Å².